The Morgan fingerprint density at radius 2 is 1.41 bits per heavy atom. The van der Waals surface area contributed by atoms with Gasteiger partial charge in [0.15, 0.2) is 17.0 Å². The number of hydrogen-bond acceptors (Lipinski definition) is 30. The molecule has 3 saturated heterocycles. The second-order valence-corrected chi connectivity index (χ2v) is 36.2. The number of oxazole rings is 1. The Balaban J connectivity index is 0.531. The van der Waals surface area contributed by atoms with E-state index in [0.29, 0.717) is 235 Å². The second kappa shape index (κ2) is 51.6. The van der Waals surface area contributed by atoms with E-state index in [9.17, 15) is 43.8 Å². The van der Waals surface area contributed by atoms with Crippen LogP contribution in [0.3, 0.4) is 0 Å². The van der Waals surface area contributed by atoms with E-state index in [4.69, 9.17) is 82.6 Å². The number of aromatic nitrogens is 5. The third-order valence-corrected chi connectivity index (χ3v) is 26.5. The quantitative estimate of drug-likeness (QED) is 0.00952. The van der Waals surface area contributed by atoms with Crippen LogP contribution < -0.4 is 22.1 Å². The van der Waals surface area contributed by atoms with Crippen molar-refractivity contribution in [3.63, 3.8) is 0 Å². The average Bonchev–Trinajstić information content (AvgIpc) is 1.70. The molecule has 11 rings (SSSR count). The van der Waals surface area contributed by atoms with Crippen LogP contribution in [0.4, 0.5) is 16.6 Å². The number of methoxy groups -OCH3 is 4. The third-order valence-electron chi connectivity index (χ3n) is 26.5. The molecule has 16 atom stereocenters. The van der Waals surface area contributed by atoms with E-state index in [1.807, 2.05) is 92.8 Å². The number of esters is 1. The Bertz CT molecular complexity index is 4700. The number of Topliss-reactive ketones (excluding diaryl/α,β-unsaturated/α-hetero) is 2. The van der Waals surface area contributed by atoms with Crippen molar-refractivity contribution < 1.29 is 110 Å². The summed E-state index contributed by atoms with van der Waals surface area (Å²) in [6.07, 6.45) is 14.2. The SMILES string of the molecule is CO[C@H]1C[C@@H]2CC[C@@H](C)[C@@](O)(O2)C(=O)C(=O)N2CCCC[C@H]2C(=O)O[C@H]([C@H](C)C[C@@H]2CC[C@@H](OC(=O)NC3CCN(CC(=O)NCCOCCOCCOCCOCCOCCOCCC(=O)N4CCc5cc(Cn6nc(-c7ccc8oc(N)nc8c7)c7c(N)ncnc76)ccc5C4)CC3)[C@H](OC)C2)C[C@@H](OC)[C@H](C)/C=C(\C)[C@@H](O)[C@@H](OC)C(=O)[C@H](C)C[C@H](C)/C=C/C=C/C=C/1C. The summed E-state index contributed by atoms with van der Waals surface area (Å²) >= 11 is 0. The van der Waals surface area contributed by atoms with Gasteiger partial charge in [-0.05, 0) is 161 Å². The number of nitrogens with zero attached hydrogens (tertiary/aromatic N) is 8. The van der Waals surface area contributed by atoms with Gasteiger partial charge in [-0.15, -0.1) is 0 Å². The van der Waals surface area contributed by atoms with E-state index in [1.54, 1.807) is 41.2 Å². The fourth-order valence-electron chi connectivity index (χ4n) is 18.8. The molecule has 0 unspecified atom stereocenters. The number of ether oxygens (including phenoxy) is 13. The summed E-state index contributed by atoms with van der Waals surface area (Å²) in [6.45, 7) is 21.0. The second-order valence-electron chi connectivity index (χ2n) is 36.2. The number of allylic oxidation sites excluding steroid dienone is 5. The summed E-state index contributed by atoms with van der Waals surface area (Å²) < 4.78 is 84.1. The number of aliphatic hydroxyl groups excluding tert-OH is 1. The van der Waals surface area contributed by atoms with Crippen molar-refractivity contribution in [3.05, 3.63) is 107 Å². The molecule has 4 fully saturated rings. The zero-order valence-corrected chi connectivity index (χ0v) is 78.9. The number of benzene rings is 2. The fraction of sp³-hybridized carbons (Fsp3) is 0.660. The minimum absolute atomic E-state index is 0.00555. The number of ketones is 2. The Kier molecular flexibility index (Phi) is 40.4. The molecule has 1 aliphatic carbocycles. The molecule has 132 heavy (non-hydrogen) atoms. The van der Waals surface area contributed by atoms with Crippen molar-refractivity contribution in [2.75, 3.05) is 158 Å². The molecule has 4 amide bonds. The molecule has 35 nitrogen and oxygen atoms in total. The van der Waals surface area contributed by atoms with Gasteiger partial charge in [-0.25, -0.2) is 24.2 Å². The van der Waals surface area contributed by atoms with Crippen LogP contribution in [0.2, 0.25) is 0 Å². The number of carbonyl (C=O) groups is 7. The first kappa shape index (κ1) is 103. The van der Waals surface area contributed by atoms with Crippen molar-refractivity contribution in [2.45, 2.75) is 231 Å². The first-order chi connectivity index (χ1) is 63.6. The van der Waals surface area contributed by atoms with Crippen LogP contribution in [0.1, 0.15) is 161 Å². The van der Waals surface area contributed by atoms with Gasteiger partial charge in [0.25, 0.3) is 17.7 Å². The number of piperidine rings is 2. The lowest BCUT2D eigenvalue weighted by molar-refractivity contribution is -0.265. The Hall–Kier alpha value is -9.05. The Labute approximate surface area is 774 Å². The molecule has 0 spiro atoms. The number of aliphatic hydroxyl groups is 2. The molecule has 0 radical (unpaired) electrons. The lowest BCUT2D eigenvalue weighted by Gasteiger charge is -2.43. The zero-order valence-electron chi connectivity index (χ0n) is 78.9. The molecular formula is C97H142N12O23. The Morgan fingerprint density at radius 1 is 0.705 bits per heavy atom. The average molecular weight is 1840 g/mol. The van der Waals surface area contributed by atoms with Crippen molar-refractivity contribution >= 4 is 75.3 Å². The van der Waals surface area contributed by atoms with E-state index in [1.165, 1.54) is 23.9 Å². The molecule has 2 aromatic carbocycles. The number of carbonyl (C=O) groups excluding carboxylic acids is 7. The number of nitrogen functional groups attached to an aromatic ring is 2. The highest BCUT2D eigenvalue weighted by molar-refractivity contribution is 6.39. The van der Waals surface area contributed by atoms with Crippen molar-refractivity contribution in [3.8, 4) is 11.3 Å². The first-order valence-corrected chi connectivity index (χ1v) is 47.1. The fourth-order valence-corrected chi connectivity index (χ4v) is 18.8. The monoisotopic (exact) mass is 1840 g/mol. The number of rotatable bonds is 35. The van der Waals surface area contributed by atoms with Crippen LogP contribution in [-0.2, 0) is 110 Å². The summed E-state index contributed by atoms with van der Waals surface area (Å²) in [4.78, 5) is 116. The summed E-state index contributed by atoms with van der Waals surface area (Å²) in [6, 6.07) is 10.6. The van der Waals surface area contributed by atoms with Gasteiger partial charge in [0, 0.05) is 110 Å². The number of nitrogens with one attached hydrogen (secondary N) is 2. The van der Waals surface area contributed by atoms with E-state index in [0.717, 1.165) is 28.7 Å². The maximum absolute atomic E-state index is 15.0. The lowest BCUT2D eigenvalue weighted by atomic mass is 9.78. The van der Waals surface area contributed by atoms with E-state index >= 15 is 0 Å². The minimum atomic E-state index is -2.46. The van der Waals surface area contributed by atoms with Gasteiger partial charge < -0.3 is 108 Å². The standard InChI is InChI=1S/C97H142N12O23/c1-61-17-13-12-14-18-62(2)79(119-8)55-74-25-20-67(7)97(118,132-74)90(114)93(115)108-33-16-15-19-76(108)94(116)129-81(56-80(120-9)63(3)50-66(6)88(113)89(122-11)87(112)65(5)49-61)64(4)51-68-22-26-78(82(53-68)121-10)131-96(117)103-73-29-34-106(35-30-73)59-83(110)100-32-38-124-40-42-126-44-46-128-48-47-127-45-43-125-41-39-123-37-31-84(111)107-36-28-70-52-69(21-23-72(70)58-107)57-109-92-85(91(98)101-60-102-92)86(105-109)71-24-27-77-75(54-71)104-95(99)130-77/h12-14,17-18,21,23-24,27,50,52,54,60-61,63-65,67-68,73-74,76,78-82,88-89,113,118H,15-16,19-20,22,25-26,28-49,51,53,55-59H2,1-11H3,(H2,99,104)(H,100,110)(H,103,117)(H2,98,101,102)/b14-12+,17-13+,62-18+,66-50+/t61-,63-,64-,65-,67-,68+,74+,76+,78-,79+,80-,81+,82-,88-,89+,97-/m1/s1. The lowest BCUT2D eigenvalue weighted by Crippen LogP contribution is -2.61. The Morgan fingerprint density at radius 3 is 2.11 bits per heavy atom. The minimum Gasteiger partial charge on any atom is -0.460 e. The van der Waals surface area contributed by atoms with E-state index in [-0.39, 0.29) is 79.8 Å². The number of fused-ring (bicyclic) bond motifs is 6. The highest BCUT2D eigenvalue weighted by Gasteiger charge is 2.53. The van der Waals surface area contributed by atoms with E-state index in [2.05, 4.69) is 48.7 Å². The van der Waals surface area contributed by atoms with Gasteiger partial charge in [0.1, 0.15) is 53.8 Å². The summed E-state index contributed by atoms with van der Waals surface area (Å²) in [5, 5.41) is 35.6. The molecule has 728 valence electrons. The number of cyclic esters (lactones) is 1. The molecule has 5 aromatic rings. The normalized spacial score (nSPS) is 27.9. The van der Waals surface area contributed by atoms with Crippen LogP contribution >= 0.6 is 0 Å². The number of anilines is 2. The number of alkyl carbamates (subject to hydrolysis) is 1. The molecule has 2 bridgehead atoms. The van der Waals surface area contributed by atoms with Gasteiger partial charge in [-0.1, -0.05) is 89.3 Å². The predicted molar refractivity (Wildman–Crippen MR) is 492 cm³/mol. The summed E-state index contributed by atoms with van der Waals surface area (Å²) in [5.74, 6) is -7.14. The van der Waals surface area contributed by atoms with Crippen LogP contribution in [0.15, 0.2) is 94.7 Å². The van der Waals surface area contributed by atoms with Gasteiger partial charge in [0.2, 0.25) is 17.6 Å². The number of amides is 4. The van der Waals surface area contributed by atoms with Crippen LogP contribution in [0.25, 0.3) is 33.4 Å². The molecule has 35 heteroatoms. The molecular weight excluding hydrogens is 1700 g/mol. The number of hydrogen-bond donors (Lipinski definition) is 6. The highest BCUT2D eigenvalue weighted by atomic mass is 16.6. The van der Waals surface area contributed by atoms with Crippen molar-refractivity contribution in [1.29, 1.82) is 0 Å². The summed E-state index contributed by atoms with van der Waals surface area (Å²) in [7, 11) is 6.16. The van der Waals surface area contributed by atoms with Gasteiger partial charge in [0.05, 0.1) is 129 Å². The van der Waals surface area contributed by atoms with Crippen LogP contribution in [0.5, 0.6) is 0 Å². The predicted octanol–water partition coefficient (Wildman–Crippen LogP) is 9.18. The van der Waals surface area contributed by atoms with Crippen LogP contribution in [-0.4, -0.2) is 305 Å². The number of likely N-dealkylation sites (tertiary alicyclic amines) is 1. The maximum Gasteiger partial charge on any atom is 0.407 e. The van der Waals surface area contributed by atoms with Crippen LogP contribution in [0, 0.1) is 35.5 Å². The molecule has 1 saturated carbocycles. The number of nitrogens with two attached hydrogens (primary N) is 2. The van der Waals surface area contributed by atoms with Gasteiger partial charge in [-0.3, -0.25) is 28.9 Å². The molecule has 8 heterocycles. The molecule has 5 aliphatic heterocycles. The molecule has 8 N–H and O–H groups in total. The van der Waals surface area contributed by atoms with Gasteiger partial charge in [-0.2, -0.15) is 10.1 Å². The van der Waals surface area contributed by atoms with Gasteiger partial charge >= 0.3 is 12.1 Å². The topological polar surface area (TPSA) is 435 Å². The largest absolute Gasteiger partial charge is 0.460 e. The van der Waals surface area contributed by atoms with Crippen molar-refractivity contribution in [2.24, 2.45) is 35.5 Å². The third kappa shape index (κ3) is 29.2. The first-order valence-electron chi connectivity index (χ1n) is 47.1. The van der Waals surface area contributed by atoms with E-state index < -0.39 is 102 Å². The zero-order chi connectivity index (χ0) is 94.4. The van der Waals surface area contributed by atoms with Crippen molar-refractivity contribution in [1.82, 2.24) is 50.1 Å². The molecule has 6 aliphatic rings. The smallest absolute Gasteiger partial charge is 0.407 e. The maximum atomic E-state index is 15.0. The highest BCUT2D eigenvalue weighted by Crippen LogP contribution is 2.40. The molecule has 3 aromatic heterocycles. The summed E-state index contributed by atoms with van der Waals surface area (Å²) in [5.41, 5.74) is 20.1.